The Hall–Kier alpha value is -0.381. The van der Waals surface area contributed by atoms with Crippen LogP contribution in [0, 0.1) is 6.92 Å². The third-order valence-corrected chi connectivity index (χ3v) is 1.51. The van der Waals surface area contributed by atoms with Crippen molar-refractivity contribution in [3.63, 3.8) is 0 Å². The van der Waals surface area contributed by atoms with Crippen LogP contribution in [0.4, 0.5) is 0 Å². The van der Waals surface area contributed by atoms with Gasteiger partial charge in [-0.15, -0.1) is 0 Å². The minimum atomic E-state index is 0. The molecule has 4 radical (unpaired) electrons. The van der Waals surface area contributed by atoms with E-state index in [1.807, 2.05) is 6.92 Å². The second kappa shape index (κ2) is 2.34. The number of benzene rings is 1. The Morgan fingerprint density at radius 1 is 1.40 bits per heavy atom. The maximum Gasteiger partial charge on any atom is 0.176 e. The number of fused-ring (bicyclic) bond motifs is 1. The number of hydrogen-bond acceptors (Lipinski definition) is 2. The van der Waals surface area contributed by atoms with Crippen LogP contribution in [0.1, 0.15) is 5.56 Å². The molecule has 2 rings (SSSR count). The van der Waals surface area contributed by atoms with Gasteiger partial charge in [-0.3, -0.25) is 0 Å². The summed E-state index contributed by atoms with van der Waals surface area (Å²) in [5, 5.41) is 9.05. The zero-order valence-corrected chi connectivity index (χ0v) is 8.36. The predicted molar refractivity (Wildman–Crippen MR) is 38.7 cm³/mol. The Morgan fingerprint density at radius 2 is 2.10 bits per heavy atom. The fraction of sp³-hybridized carbons (Fsp3) is 0.143. The maximum absolute atomic E-state index is 9.05. The summed E-state index contributed by atoms with van der Waals surface area (Å²) in [7, 11) is 0. The summed E-state index contributed by atoms with van der Waals surface area (Å²) in [5.41, 5.74) is 0.840. The molecule has 0 saturated heterocycles. The number of hydrogen-bond donors (Lipinski definition) is 1. The largest absolute Gasteiger partial charge is 0.508 e. The van der Waals surface area contributed by atoms with Crippen molar-refractivity contribution >= 4 is 23.9 Å². The average molecular weight is 241 g/mol. The second-order valence-electron chi connectivity index (χ2n) is 2.14. The summed E-state index contributed by atoms with van der Waals surface area (Å²) < 4.78 is 4.99. The van der Waals surface area contributed by atoms with Crippen LogP contribution in [-0.4, -0.2) is 29.0 Å². The molecule has 0 spiro atoms. The first kappa shape index (κ1) is 7.72. The van der Waals surface area contributed by atoms with E-state index in [0.29, 0.717) is 5.75 Å². The molecule has 1 heterocycles. The van der Waals surface area contributed by atoms with Gasteiger partial charge in [-0.1, -0.05) is 0 Å². The smallest absolute Gasteiger partial charge is 0.176 e. The quantitative estimate of drug-likeness (QED) is 0.558. The Kier molecular flexibility index (Phi) is 1.81. The molecule has 1 N–H and O–H groups in total. The van der Waals surface area contributed by atoms with E-state index >= 15 is 0 Å². The summed E-state index contributed by atoms with van der Waals surface area (Å²) in [5.74, 6) is 2.05. The van der Waals surface area contributed by atoms with E-state index in [0.717, 1.165) is 17.1 Å². The molecular weight excluding hydrogens is 235 g/mol. The first-order valence-corrected chi connectivity index (χ1v) is 2.79. The van der Waals surface area contributed by atoms with Crippen molar-refractivity contribution in [1.29, 1.82) is 0 Å². The van der Waals surface area contributed by atoms with E-state index in [1.165, 1.54) is 0 Å². The van der Waals surface area contributed by atoms with Gasteiger partial charge >= 0.3 is 0 Å². The van der Waals surface area contributed by atoms with E-state index in [2.05, 4.69) is 0 Å². The van der Waals surface area contributed by atoms with Gasteiger partial charge in [-0.2, -0.15) is 0 Å². The van der Waals surface area contributed by atoms with Gasteiger partial charge in [-0.25, -0.2) is 0 Å². The molecule has 10 heavy (non-hydrogen) atoms. The normalized spacial score (nSPS) is 10.9. The zero-order valence-electron chi connectivity index (χ0n) is 5.51. The molecule has 0 fully saturated rings. The summed E-state index contributed by atoms with van der Waals surface area (Å²) in [4.78, 5) is 0. The summed E-state index contributed by atoms with van der Waals surface area (Å²) in [6.45, 7) is 1.83. The molecule has 0 aromatic heterocycles. The van der Waals surface area contributed by atoms with Crippen LogP contribution < -0.4 is 4.74 Å². The van der Waals surface area contributed by atoms with Crippen molar-refractivity contribution in [3.8, 4) is 17.2 Å². The standard InChI is InChI=1S/C7H6O2.Sn/c1-4-5(8)2-3-6-7(4)9-6;/h2-3,8H,1H3;. The Balaban J connectivity index is 0.000000500. The fourth-order valence-corrected chi connectivity index (χ4v) is 0.851. The molecule has 1 aliphatic heterocycles. The average Bonchev–Trinajstić information content (AvgIpc) is 2.58. The number of phenols is 1. The van der Waals surface area contributed by atoms with E-state index in [4.69, 9.17) is 9.84 Å². The molecular formula is C7H6O2Sn. The third-order valence-electron chi connectivity index (χ3n) is 1.51. The first-order chi connectivity index (χ1) is 4.29. The predicted octanol–water partition coefficient (Wildman–Crippen LogP) is 1.43. The fourth-order valence-electron chi connectivity index (χ4n) is 0.851. The molecule has 0 saturated carbocycles. The molecule has 50 valence electrons. The molecule has 3 heteroatoms. The van der Waals surface area contributed by atoms with Gasteiger partial charge in [0, 0.05) is 29.5 Å². The summed E-state index contributed by atoms with van der Waals surface area (Å²) >= 11 is 0. The van der Waals surface area contributed by atoms with Crippen LogP contribution in [0.5, 0.6) is 17.2 Å². The van der Waals surface area contributed by atoms with Gasteiger partial charge < -0.3 is 9.84 Å². The Bertz CT molecular complexity index is 267. The zero-order chi connectivity index (χ0) is 6.43. The van der Waals surface area contributed by atoms with E-state index in [-0.39, 0.29) is 23.9 Å². The van der Waals surface area contributed by atoms with Crippen molar-refractivity contribution in [2.24, 2.45) is 0 Å². The number of rotatable bonds is 0. The van der Waals surface area contributed by atoms with Gasteiger partial charge in [0.25, 0.3) is 0 Å². The topological polar surface area (TPSA) is 32.8 Å². The Labute approximate surface area is 75.8 Å². The molecule has 1 aromatic rings. The van der Waals surface area contributed by atoms with E-state index in [1.54, 1.807) is 12.1 Å². The molecule has 0 bridgehead atoms. The summed E-state index contributed by atoms with van der Waals surface area (Å²) in [6.07, 6.45) is 0. The van der Waals surface area contributed by atoms with E-state index in [9.17, 15) is 0 Å². The molecule has 0 amide bonds. The monoisotopic (exact) mass is 242 g/mol. The van der Waals surface area contributed by atoms with Crippen molar-refractivity contribution in [3.05, 3.63) is 17.7 Å². The maximum atomic E-state index is 9.05. The van der Waals surface area contributed by atoms with Crippen LogP contribution in [0.25, 0.3) is 0 Å². The number of ether oxygens (including phenoxy) is 1. The molecule has 1 aliphatic rings. The first-order valence-electron chi connectivity index (χ1n) is 2.79. The van der Waals surface area contributed by atoms with Gasteiger partial charge in [-0.05, 0) is 19.1 Å². The molecule has 0 unspecified atom stereocenters. The van der Waals surface area contributed by atoms with Gasteiger partial charge in [0.2, 0.25) is 0 Å². The summed E-state index contributed by atoms with van der Waals surface area (Å²) in [6, 6.07) is 3.40. The van der Waals surface area contributed by atoms with Gasteiger partial charge in [0.05, 0.1) is 0 Å². The van der Waals surface area contributed by atoms with Crippen LogP contribution in [0.3, 0.4) is 0 Å². The second-order valence-corrected chi connectivity index (χ2v) is 2.14. The van der Waals surface area contributed by atoms with Crippen molar-refractivity contribution in [2.45, 2.75) is 6.92 Å². The minimum Gasteiger partial charge on any atom is -0.508 e. The number of aromatic hydroxyl groups is 1. The minimum absolute atomic E-state index is 0. The van der Waals surface area contributed by atoms with Crippen molar-refractivity contribution in [2.75, 3.05) is 0 Å². The van der Waals surface area contributed by atoms with Crippen molar-refractivity contribution < 1.29 is 9.84 Å². The molecule has 0 atom stereocenters. The Morgan fingerprint density at radius 3 is 2.70 bits per heavy atom. The SMILES string of the molecule is Cc1c(O)ccc2c1O2.[Sn]. The van der Waals surface area contributed by atoms with Gasteiger partial charge in [0.1, 0.15) is 5.75 Å². The van der Waals surface area contributed by atoms with Crippen LogP contribution >= 0.6 is 0 Å². The van der Waals surface area contributed by atoms with Gasteiger partial charge in [0.15, 0.2) is 11.5 Å². The van der Waals surface area contributed by atoms with Crippen LogP contribution in [-0.2, 0) is 0 Å². The molecule has 1 aromatic carbocycles. The number of phenolic OH excluding ortho intramolecular Hbond substituents is 1. The van der Waals surface area contributed by atoms with Crippen molar-refractivity contribution in [1.82, 2.24) is 0 Å². The van der Waals surface area contributed by atoms with E-state index < -0.39 is 0 Å². The van der Waals surface area contributed by atoms with Crippen LogP contribution in [0.2, 0.25) is 0 Å². The molecule has 2 nitrogen and oxygen atoms in total. The third kappa shape index (κ3) is 0.963. The van der Waals surface area contributed by atoms with Crippen LogP contribution in [0.15, 0.2) is 12.1 Å². The molecule has 0 aliphatic carbocycles.